The van der Waals surface area contributed by atoms with E-state index >= 15 is 0 Å². The molecule has 1 aromatic carbocycles. The molecule has 1 aliphatic heterocycles. The molecule has 122 valence electrons. The smallest absolute Gasteiger partial charge is 0.339 e. The number of halogens is 3. The quantitative estimate of drug-likeness (QED) is 0.929. The van der Waals surface area contributed by atoms with Gasteiger partial charge in [0.25, 0.3) is 0 Å². The molecule has 3 nitrogen and oxygen atoms in total. The first kappa shape index (κ1) is 16.8. The number of likely N-dealkylation sites (tertiary alicyclic amines) is 1. The summed E-state index contributed by atoms with van der Waals surface area (Å²) in [5, 5.41) is 0. The van der Waals surface area contributed by atoms with Gasteiger partial charge < -0.3 is 10.6 Å². The number of hydrogen-bond acceptors (Lipinski definition) is 2. The molecule has 0 bridgehead atoms. The summed E-state index contributed by atoms with van der Waals surface area (Å²) >= 11 is 0. The second-order valence-electron chi connectivity index (χ2n) is 5.69. The minimum Gasteiger partial charge on any atom is -0.339 e. The highest BCUT2D eigenvalue weighted by Crippen LogP contribution is 2.29. The first-order valence-electron chi connectivity index (χ1n) is 7.57. The van der Waals surface area contributed by atoms with Gasteiger partial charge in [-0.05, 0) is 49.9 Å². The molecule has 1 atom stereocenters. The molecule has 0 spiro atoms. The fraction of sp³-hybridized carbons (Fsp3) is 0.562. The lowest BCUT2D eigenvalue weighted by molar-refractivity contribution is -0.137. The van der Waals surface area contributed by atoms with Crippen LogP contribution in [0.5, 0.6) is 0 Å². The van der Waals surface area contributed by atoms with Crippen molar-refractivity contribution in [2.45, 2.75) is 44.3 Å². The van der Waals surface area contributed by atoms with Crippen LogP contribution >= 0.6 is 0 Å². The van der Waals surface area contributed by atoms with E-state index in [4.69, 9.17) is 5.73 Å². The van der Waals surface area contributed by atoms with Crippen LogP contribution in [0.15, 0.2) is 24.3 Å². The van der Waals surface area contributed by atoms with Gasteiger partial charge in [-0.1, -0.05) is 12.1 Å². The third-order valence-corrected chi connectivity index (χ3v) is 4.08. The highest BCUT2D eigenvalue weighted by Gasteiger charge is 2.30. The summed E-state index contributed by atoms with van der Waals surface area (Å²) in [5.41, 5.74) is 5.50. The van der Waals surface area contributed by atoms with Crippen molar-refractivity contribution < 1.29 is 18.0 Å². The lowest BCUT2D eigenvalue weighted by Gasteiger charge is -2.35. The van der Waals surface area contributed by atoms with Gasteiger partial charge in [0.05, 0.1) is 12.0 Å². The number of alkyl halides is 3. The van der Waals surface area contributed by atoms with Gasteiger partial charge in [0.15, 0.2) is 0 Å². The van der Waals surface area contributed by atoms with E-state index in [0.29, 0.717) is 18.7 Å². The first-order chi connectivity index (χ1) is 10.4. The van der Waals surface area contributed by atoms with E-state index in [9.17, 15) is 18.0 Å². The predicted octanol–water partition coefficient (Wildman–Crippen LogP) is 2.98. The van der Waals surface area contributed by atoms with E-state index in [1.54, 1.807) is 0 Å². The molecular formula is C16H21F3N2O. The van der Waals surface area contributed by atoms with Crippen LogP contribution in [0.1, 0.15) is 36.8 Å². The number of hydrogen-bond donors (Lipinski definition) is 1. The molecular weight excluding hydrogens is 293 g/mol. The van der Waals surface area contributed by atoms with Crippen LogP contribution in [0.4, 0.5) is 13.2 Å². The zero-order valence-corrected chi connectivity index (χ0v) is 12.4. The van der Waals surface area contributed by atoms with Crippen molar-refractivity contribution in [3.8, 4) is 0 Å². The fourth-order valence-electron chi connectivity index (χ4n) is 2.91. The number of rotatable bonds is 4. The van der Waals surface area contributed by atoms with E-state index in [1.165, 1.54) is 12.1 Å². The zero-order valence-electron chi connectivity index (χ0n) is 12.4. The SMILES string of the molecule is NCCC1CCCCN1C(=O)Cc1ccc(C(F)(F)F)cc1. The second kappa shape index (κ2) is 7.13. The molecule has 0 radical (unpaired) electrons. The highest BCUT2D eigenvalue weighted by molar-refractivity contribution is 5.79. The van der Waals surface area contributed by atoms with Crippen LogP contribution in [0, 0.1) is 0 Å². The maximum atomic E-state index is 12.5. The normalized spacial score (nSPS) is 19.3. The lowest BCUT2D eigenvalue weighted by Crippen LogP contribution is -2.45. The highest BCUT2D eigenvalue weighted by atomic mass is 19.4. The Labute approximate surface area is 128 Å². The molecule has 1 aliphatic rings. The monoisotopic (exact) mass is 314 g/mol. The Morgan fingerprint density at radius 2 is 1.91 bits per heavy atom. The van der Waals surface area contributed by atoms with Gasteiger partial charge in [-0.25, -0.2) is 0 Å². The van der Waals surface area contributed by atoms with Crippen molar-refractivity contribution in [1.82, 2.24) is 4.90 Å². The van der Waals surface area contributed by atoms with Crippen LogP contribution in [-0.2, 0) is 17.4 Å². The van der Waals surface area contributed by atoms with Crippen molar-refractivity contribution in [3.63, 3.8) is 0 Å². The summed E-state index contributed by atoms with van der Waals surface area (Å²) in [7, 11) is 0. The van der Waals surface area contributed by atoms with E-state index in [0.717, 1.165) is 37.8 Å². The number of nitrogens with zero attached hydrogens (tertiary/aromatic N) is 1. The summed E-state index contributed by atoms with van der Waals surface area (Å²) in [6.07, 6.45) is -0.413. The first-order valence-corrected chi connectivity index (χ1v) is 7.57. The molecule has 0 aromatic heterocycles. The summed E-state index contributed by atoms with van der Waals surface area (Å²) in [6, 6.07) is 4.97. The van der Waals surface area contributed by atoms with E-state index in [1.807, 2.05) is 4.90 Å². The summed E-state index contributed by atoms with van der Waals surface area (Å²) in [5.74, 6) is -0.0297. The van der Waals surface area contributed by atoms with Crippen LogP contribution in [0.25, 0.3) is 0 Å². The number of carbonyl (C=O) groups excluding carboxylic acids is 1. The van der Waals surface area contributed by atoms with Crippen LogP contribution in [-0.4, -0.2) is 29.9 Å². The second-order valence-corrected chi connectivity index (χ2v) is 5.69. The minimum atomic E-state index is -4.35. The van der Waals surface area contributed by atoms with Gasteiger partial charge in [-0.2, -0.15) is 13.2 Å². The Kier molecular flexibility index (Phi) is 5.45. The molecule has 1 unspecified atom stereocenters. The lowest BCUT2D eigenvalue weighted by atomic mass is 9.98. The van der Waals surface area contributed by atoms with E-state index in [2.05, 4.69) is 0 Å². The number of carbonyl (C=O) groups is 1. The van der Waals surface area contributed by atoms with Crippen LogP contribution in [0.2, 0.25) is 0 Å². The maximum absolute atomic E-state index is 12.5. The van der Waals surface area contributed by atoms with Gasteiger partial charge in [-0.15, -0.1) is 0 Å². The molecule has 1 saturated heterocycles. The third kappa shape index (κ3) is 4.22. The molecule has 2 rings (SSSR count). The van der Waals surface area contributed by atoms with Gasteiger partial charge >= 0.3 is 6.18 Å². The number of nitrogens with two attached hydrogens (primary N) is 1. The predicted molar refractivity (Wildman–Crippen MR) is 78.2 cm³/mol. The maximum Gasteiger partial charge on any atom is 0.416 e. The fourth-order valence-corrected chi connectivity index (χ4v) is 2.91. The number of piperidine rings is 1. The molecule has 1 amide bonds. The van der Waals surface area contributed by atoms with Crippen molar-refractivity contribution in [3.05, 3.63) is 35.4 Å². The number of amides is 1. The number of benzene rings is 1. The van der Waals surface area contributed by atoms with Crippen molar-refractivity contribution in [2.75, 3.05) is 13.1 Å². The molecule has 6 heteroatoms. The van der Waals surface area contributed by atoms with Crippen molar-refractivity contribution in [2.24, 2.45) is 5.73 Å². The standard InChI is InChI=1S/C16H21F3N2O/c17-16(18,19)13-6-4-12(5-7-13)11-15(22)21-10-2-1-3-14(21)8-9-20/h4-7,14H,1-3,8-11,20H2. The molecule has 2 N–H and O–H groups in total. The summed E-state index contributed by atoms with van der Waals surface area (Å²) in [6.45, 7) is 1.25. The molecule has 0 saturated carbocycles. The Morgan fingerprint density at radius 1 is 1.23 bits per heavy atom. The van der Waals surface area contributed by atoms with Gasteiger partial charge in [-0.3, -0.25) is 4.79 Å². The van der Waals surface area contributed by atoms with Crippen molar-refractivity contribution >= 4 is 5.91 Å². The van der Waals surface area contributed by atoms with Gasteiger partial charge in [0.2, 0.25) is 5.91 Å². The summed E-state index contributed by atoms with van der Waals surface area (Å²) < 4.78 is 37.6. The van der Waals surface area contributed by atoms with E-state index < -0.39 is 11.7 Å². The molecule has 22 heavy (non-hydrogen) atoms. The average Bonchev–Trinajstić information content (AvgIpc) is 2.47. The van der Waals surface area contributed by atoms with Crippen LogP contribution < -0.4 is 5.73 Å². The summed E-state index contributed by atoms with van der Waals surface area (Å²) in [4.78, 5) is 14.2. The Hall–Kier alpha value is -1.56. The minimum absolute atomic E-state index is 0.0297. The van der Waals surface area contributed by atoms with Gasteiger partial charge in [0, 0.05) is 12.6 Å². The molecule has 1 fully saturated rings. The van der Waals surface area contributed by atoms with E-state index in [-0.39, 0.29) is 18.4 Å². The zero-order chi connectivity index (χ0) is 16.2. The Balaban J connectivity index is 2.01. The molecule has 1 heterocycles. The topological polar surface area (TPSA) is 46.3 Å². The average molecular weight is 314 g/mol. The molecule has 1 aromatic rings. The third-order valence-electron chi connectivity index (χ3n) is 4.08. The van der Waals surface area contributed by atoms with Crippen molar-refractivity contribution in [1.29, 1.82) is 0 Å². The van der Waals surface area contributed by atoms with Gasteiger partial charge in [0.1, 0.15) is 0 Å². The molecule has 0 aliphatic carbocycles. The van der Waals surface area contributed by atoms with Crippen LogP contribution in [0.3, 0.4) is 0 Å². The Morgan fingerprint density at radius 3 is 2.50 bits per heavy atom. The largest absolute Gasteiger partial charge is 0.416 e. The Bertz CT molecular complexity index is 497.